The van der Waals surface area contributed by atoms with Crippen molar-refractivity contribution in [3.8, 4) is 5.75 Å². The lowest BCUT2D eigenvalue weighted by molar-refractivity contribution is -0.0207. The van der Waals surface area contributed by atoms with E-state index in [0.717, 1.165) is 28.5 Å². The van der Waals surface area contributed by atoms with Gasteiger partial charge in [-0.1, -0.05) is 15.9 Å². The Balaban J connectivity index is 1.62. The highest BCUT2D eigenvalue weighted by atomic mass is 79.9. The number of fused-ring (bicyclic) bond motifs is 1. The fraction of sp³-hybridized carbons (Fsp3) is 0.647. The second-order valence-electron chi connectivity index (χ2n) is 6.97. The summed E-state index contributed by atoms with van der Waals surface area (Å²) in [6.45, 7) is 0. The van der Waals surface area contributed by atoms with Gasteiger partial charge in [0.25, 0.3) is 0 Å². The zero-order valence-corrected chi connectivity index (χ0v) is 13.4. The van der Waals surface area contributed by atoms with Gasteiger partial charge in [0, 0.05) is 22.5 Å². The number of ether oxygens (including phenoxy) is 1. The van der Waals surface area contributed by atoms with E-state index in [2.05, 4.69) is 34.1 Å². The third-order valence-corrected chi connectivity index (χ3v) is 5.91. The van der Waals surface area contributed by atoms with Crippen LogP contribution in [0.2, 0.25) is 0 Å². The predicted octanol–water partition coefficient (Wildman–Crippen LogP) is 4.57. The Morgan fingerprint density at radius 2 is 2.00 bits per heavy atom. The zero-order chi connectivity index (χ0) is 13.7. The molecule has 0 bridgehead atoms. The van der Waals surface area contributed by atoms with E-state index in [1.807, 2.05) is 0 Å². The number of halogens is 1. The molecule has 0 saturated heterocycles. The number of hydrogen-bond donors (Lipinski definition) is 1. The first-order valence-electron chi connectivity index (χ1n) is 7.89. The van der Waals surface area contributed by atoms with Crippen molar-refractivity contribution in [3.63, 3.8) is 0 Å². The number of rotatable bonds is 1. The summed E-state index contributed by atoms with van der Waals surface area (Å²) in [5.74, 6) is 2.88. The van der Waals surface area contributed by atoms with Crippen molar-refractivity contribution in [2.45, 2.75) is 56.6 Å². The summed E-state index contributed by atoms with van der Waals surface area (Å²) in [7, 11) is 0. The summed E-state index contributed by atoms with van der Waals surface area (Å²) in [5.41, 5.74) is 7.64. The Morgan fingerprint density at radius 3 is 2.80 bits per heavy atom. The lowest BCUT2D eigenvalue weighted by atomic mass is 9.71. The van der Waals surface area contributed by atoms with Gasteiger partial charge in [-0.2, -0.15) is 0 Å². The fourth-order valence-electron chi connectivity index (χ4n) is 4.30. The Labute approximate surface area is 129 Å². The molecule has 2 fully saturated rings. The van der Waals surface area contributed by atoms with Gasteiger partial charge in [-0.05, 0) is 68.6 Å². The molecule has 0 radical (unpaired) electrons. The van der Waals surface area contributed by atoms with Crippen LogP contribution < -0.4 is 10.5 Å². The molecule has 2 N–H and O–H groups in total. The van der Waals surface area contributed by atoms with Crippen molar-refractivity contribution in [2.75, 3.05) is 0 Å². The van der Waals surface area contributed by atoms with Gasteiger partial charge in [-0.25, -0.2) is 0 Å². The topological polar surface area (TPSA) is 35.2 Å². The molecule has 3 heteroatoms. The van der Waals surface area contributed by atoms with Crippen LogP contribution in [0.25, 0.3) is 0 Å². The molecule has 4 rings (SSSR count). The first kappa shape index (κ1) is 13.1. The van der Waals surface area contributed by atoms with Crippen LogP contribution in [0.3, 0.4) is 0 Å². The van der Waals surface area contributed by atoms with Crippen molar-refractivity contribution in [1.29, 1.82) is 0 Å². The molecule has 2 nitrogen and oxygen atoms in total. The van der Waals surface area contributed by atoms with Gasteiger partial charge in [0.05, 0.1) is 0 Å². The van der Waals surface area contributed by atoms with Crippen LogP contribution >= 0.6 is 15.9 Å². The van der Waals surface area contributed by atoms with E-state index in [1.165, 1.54) is 44.1 Å². The van der Waals surface area contributed by atoms with Gasteiger partial charge in [0.2, 0.25) is 0 Å². The van der Waals surface area contributed by atoms with Crippen LogP contribution in [0.1, 0.15) is 56.6 Å². The third-order valence-electron chi connectivity index (χ3n) is 5.42. The van der Waals surface area contributed by atoms with E-state index in [1.54, 1.807) is 0 Å². The fourth-order valence-corrected chi connectivity index (χ4v) is 4.68. The third kappa shape index (κ3) is 2.29. The lowest BCUT2D eigenvalue weighted by Gasteiger charge is -2.46. The molecule has 2 saturated carbocycles. The SMILES string of the molecule is N[C@H]1CC2(CCCC(C3CC3)C2)Oc2ccc(Br)cc21. The van der Waals surface area contributed by atoms with Crippen LogP contribution in [0.15, 0.2) is 22.7 Å². The molecule has 1 aliphatic heterocycles. The lowest BCUT2D eigenvalue weighted by Crippen LogP contribution is -2.46. The highest BCUT2D eigenvalue weighted by Gasteiger charge is 2.46. The molecule has 2 unspecified atom stereocenters. The molecule has 20 heavy (non-hydrogen) atoms. The predicted molar refractivity (Wildman–Crippen MR) is 83.7 cm³/mol. The second kappa shape index (κ2) is 4.74. The second-order valence-corrected chi connectivity index (χ2v) is 7.89. The molecule has 1 spiro atoms. The normalized spacial score (nSPS) is 36.5. The van der Waals surface area contributed by atoms with E-state index in [9.17, 15) is 0 Å². The van der Waals surface area contributed by atoms with Crippen LogP contribution in [0.5, 0.6) is 5.75 Å². The summed E-state index contributed by atoms with van der Waals surface area (Å²) in [6.07, 6.45) is 8.98. The summed E-state index contributed by atoms with van der Waals surface area (Å²) >= 11 is 3.53. The van der Waals surface area contributed by atoms with Crippen molar-refractivity contribution < 1.29 is 4.74 Å². The molecule has 1 heterocycles. The zero-order valence-electron chi connectivity index (χ0n) is 11.8. The highest BCUT2D eigenvalue weighted by molar-refractivity contribution is 9.10. The van der Waals surface area contributed by atoms with E-state index in [-0.39, 0.29) is 11.6 Å². The van der Waals surface area contributed by atoms with E-state index >= 15 is 0 Å². The van der Waals surface area contributed by atoms with Gasteiger partial charge in [-0.15, -0.1) is 0 Å². The standard InChI is InChI=1S/C17H22BrNO/c18-13-5-6-16-14(8-13)15(19)10-17(20-16)7-1-2-12(9-17)11-3-4-11/h5-6,8,11-12,15H,1-4,7,9-10,19H2/t12?,15-,17?/m0/s1. The van der Waals surface area contributed by atoms with Crippen LogP contribution in [0.4, 0.5) is 0 Å². The summed E-state index contributed by atoms with van der Waals surface area (Å²) in [4.78, 5) is 0. The van der Waals surface area contributed by atoms with E-state index < -0.39 is 0 Å². The number of hydrogen-bond acceptors (Lipinski definition) is 2. The first-order chi connectivity index (χ1) is 9.65. The quantitative estimate of drug-likeness (QED) is 0.815. The van der Waals surface area contributed by atoms with Gasteiger partial charge in [-0.3, -0.25) is 0 Å². The Bertz CT molecular complexity index is 528. The maximum Gasteiger partial charge on any atom is 0.124 e. The average Bonchev–Trinajstić information content (AvgIpc) is 3.24. The minimum absolute atomic E-state index is 0.0196. The molecule has 2 aliphatic carbocycles. The van der Waals surface area contributed by atoms with Gasteiger partial charge >= 0.3 is 0 Å². The molecular weight excluding hydrogens is 314 g/mol. The number of benzene rings is 1. The van der Waals surface area contributed by atoms with Crippen molar-refractivity contribution >= 4 is 15.9 Å². The van der Waals surface area contributed by atoms with Gasteiger partial charge in [0.1, 0.15) is 11.4 Å². The van der Waals surface area contributed by atoms with Crippen LogP contribution in [-0.2, 0) is 0 Å². The monoisotopic (exact) mass is 335 g/mol. The van der Waals surface area contributed by atoms with Gasteiger partial charge in [0.15, 0.2) is 0 Å². The molecule has 3 aliphatic rings. The molecule has 1 aromatic carbocycles. The molecular formula is C17H22BrNO. The number of nitrogens with two attached hydrogens (primary N) is 1. The van der Waals surface area contributed by atoms with Crippen molar-refractivity contribution in [3.05, 3.63) is 28.2 Å². The highest BCUT2D eigenvalue weighted by Crippen LogP contribution is 2.52. The Morgan fingerprint density at radius 1 is 1.15 bits per heavy atom. The van der Waals surface area contributed by atoms with Crippen LogP contribution in [0, 0.1) is 11.8 Å². The minimum atomic E-state index is 0.0196. The largest absolute Gasteiger partial charge is 0.487 e. The molecule has 0 amide bonds. The van der Waals surface area contributed by atoms with E-state index in [4.69, 9.17) is 10.5 Å². The molecule has 1 aromatic rings. The first-order valence-corrected chi connectivity index (χ1v) is 8.69. The summed E-state index contributed by atoms with van der Waals surface area (Å²) in [5, 5.41) is 0. The van der Waals surface area contributed by atoms with Crippen LogP contribution in [-0.4, -0.2) is 5.60 Å². The summed E-state index contributed by atoms with van der Waals surface area (Å²) in [6, 6.07) is 6.38. The van der Waals surface area contributed by atoms with Gasteiger partial charge < -0.3 is 10.5 Å². The molecule has 0 aromatic heterocycles. The minimum Gasteiger partial charge on any atom is -0.487 e. The van der Waals surface area contributed by atoms with E-state index in [0.29, 0.717) is 0 Å². The molecule has 108 valence electrons. The maximum atomic E-state index is 6.49. The van der Waals surface area contributed by atoms with Crippen molar-refractivity contribution in [2.24, 2.45) is 17.6 Å². The smallest absolute Gasteiger partial charge is 0.124 e. The Kier molecular flexibility index (Phi) is 3.11. The maximum absolute atomic E-state index is 6.49. The summed E-state index contributed by atoms with van der Waals surface area (Å²) < 4.78 is 7.58. The average molecular weight is 336 g/mol. The van der Waals surface area contributed by atoms with Crippen molar-refractivity contribution in [1.82, 2.24) is 0 Å². The molecule has 3 atom stereocenters. The Hall–Kier alpha value is -0.540.